The number of thiazole rings is 1. The molecule has 0 amide bonds. The molecule has 0 N–H and O–H groups in total. The maximum absolute atomic E-state index is 11.9. The van der Waals surface area contributed by atoms with E-state index in [1.54, 1.807) is 5.38 Å². The Morgan fingerprint density at radius 1 is 1.40 bits per heavy atom. The molecule has 0 bridgehead atoms. The maximum atomic E-state index is 11.9. The molecule has 106 valence electrons. The summed E-state index contributed by atoms with van der Waals surface area (Å²) < 4.78 is 28.3. The van der Waals surface area contributed by atoms with Crippen molar-refractivity contribution < 1.29 is 17.9 Å². The van der Waals surface area contributed by atoms with Crippen molar-refractivity contribution in [1.29, 1.82) is 0 Å². The first-order chi connectivity index (χ1) is 9.36. The summed E-state index contributed by atoms with van der Waals surface area (Å²) in [5.41, 5.74) is 0.332. The first kappa shape index (κ1) is 15.0. The van der Waals surface area contributed by atoms with Crippen molar-refractivity contribution in [2.75, 3.05) is 13.4 Å². The number of hydrogen-bond donors (Lipinski definition) is 0. The molecule has 0 saturated carbocycles. The predicted octanol–water partition coefficient (Wildman–Crippen LogP) is 2.65. The van der Waals surface area contributed by atoms with Gasteiger partial charge in [-0.3, -0.25) is 0 Å². The Morgan fingerprint density at radius 2 is 2.10 bits per heavy atom. The Balaban J connectivity index is 2.81. The number of methoxy groups -OCH3 is 1. The van der Waals surface area contributed by atoms with Crippen molar-refractivity contribution in [2.45, 2.75) is 4.90 Å². The van der Waals surface area contributed by atoms with Gasteiger partial charge in [-0.15, -0.1) is 11.3 Å². The Bertz CT molecular complexity index is 754. The molecule has 0 fully saturated rings. The van der Waals surface area contributed by atoms with Crippen LogP contribution in [0.3, 0.4) is 0 Å². The van der Waals surface area contributed by atoms with Gasteiger partial charge in [0.05, 0.1) is 22.6 Å². The number of carbonyl (C=O) groups excluding carboxylic acids is 1. The number of aromatic nitrogens is 1. The smallest absolute Gasteiger partial charge is 0.339 e. The zero-order chi connectivity index (χ0) is 14.9. The molecule has 0 spiro atoms. The van der Waals surface area contributed by atoms with Crippen LogP contribution in [0.4, 0.5) is 0 Å². The third kappa shape index (κ3) is 2.70. The molecule has 1 heterocycles. The van der Waals surface area contributed by atoms with Crippen molar-refractivity contribution in [1.82, 2.24) is 4.98 Å². The van der Waals surface area contributed by atoms with E-state index in [-0.39, 0.29) is 21.0 Å². The SMILES string of the molecule is COC(=O)c1ccc(S(C)(=O)=O)c(-c2nccs2)c1Cl. The van der Waals surface area contributed by atoms with E-state index in [1.807, 2.05) is 0 Å². The normalized spacial score (nSPS) is 11.3. The number of ether oxygens (including phenoxy) is 1. The van der Waals surface area contributed by atoms with Gasteiger partial charge in [0.2, 0.25) is 0 Å². The molecule has 8 heteroatoms. The van der Waals surface area contributed by atoms with E-state index in [0.29, 0.717) is 5.01 Å². The molecule has 20 heavy (non-hydrogen) atoms. The van der Waals surface area contributed by atoms with Crippen LogP contribution in [0.1, 0.15) is 10.4 Å². The summed E-state index contributed by atoms with van der Waals surface area (Å²) in [4.78, 5) is 15.7. The second-order valence-electron chi connectivity index (χ2n) is 3.90. The third-order valence-corrected chi connectivity index (χ3v) is 4.88. The lowest BCUT2D eigenvalue weighted by Gasteiger charge is -2.11. The van der Waals surface area contributed by atoms with Crippen LogP contribution in [0.5, 0.6) is 0 Å². The molecule has 2 rings (SSSR count). The van der Waals surface area contributed by atoms with E-state index in [1.165, 1.54) is 36.8 Å². The molecule has 5 nitrogen and oxygen atoms in total. The number of nitrogens with zero attached hydrogens (tertiary/aromatic N) is 1. The van der Waals surface area contributed by atoms with Crippen molar-refractivity contribution in [3.05, 3.63) is 34.3 Å². The minimum atomic E-state index is -3.50. The largest absolute Gasteiger partial charge is 0.465 e. The fraction of sp³-hybridized carbons (Fsp3) is 0.167. The number of halogens is 1. The lowest BCUT2D eigenvalue weighted by Crippen LogP contribution is -2.07. The fourth-order valence-electron chi connectivity index (χ4n) is 1.68. The number of rotatable bonds is 3. The number of carbonyl (C=O) groups is 1. The first-order valence-corrected chi connectivity index (χ1v) is 8.52. The lowest BCUT2D eigenvalue weighted by molar-refractivity contribution is 0.0601. The number of benzene rings is 1. The highest BCUT2D eigenvalue weighted by molar-refractivity contribution is 7.90. The van der Waals surface area contributed by atoms with Crippen LogP contribution in [0, 0.1) is 0 Å². The van der Waals surface area contributed by atoms with Crippen molar-refractivity contribution in [3.8, 4) is 10.6 Å². The third-order valence-electron chi connectivity index (χ3n) is 2.55. The Kier molecular flexibility index (Phi) is 4.12. The molecule has 1 aromatic carbocycles. The monoisotopic (exact) mass is 331 g/mol. The highest BCUT2D eigenvalue weighted by Crippen LogP contribution is 2.37. The summed E-state index contributed by atoms with van der Waals surface area (Å²) in [5.74, 6) is -0.632. The van der Waals surface area contributed by atoms with Gasteiger partial charge in [-0.1, -0.05) is 11.6 Å². The summed E-state index contributed by atoms with van der Waals surface area (Å²) in [5, 5.41) is 2.15. The van der Waals surface area contributed by atoms with Gasteiger partial charge >= 0.3 is 5.97 Å². The summed E-state index contributed by atoms with van der Waals surface area (Å²) in [6, 6.07) is 2.67. The minimum Gasteiger partial charge on any atom is -0.465 e. The second-order valence-corrected chi connectivity index (χ2v) is 7.16. The summed E-state index contributed by atoms with van der Waals surface area (Å²) in [6.45, 7) is 0. The van der Waals surface area contributed by atoms with Gasteiger partial charge in [0.25, 0.3) is 0 Å². The highest BCUT2D eigenvalue weighted by atomic mass is 35.5. The first-order valence-electron chi connectivity index (χ1n) is 5.37. The van der Waals surface area contributed by atoms with Crippen LogP contribution < -0.4 is 0 Å². The molecule has 1 aromatic heterocycles. The van der Waals surface area contributed by atoms with Crippen LogP contribution in [-0.2, 0) is 14.6 Å². The molecule has 0 saturated heterocycles. The van der Waals surface area contributed by atoms with Gasteiger partial charge in [-0.2, -0.15) is 0 Å². The summed E-state index contributed by atoms with van der Waals surface area (Å²) in [7, 11) is -2.27. The second kappa shape index (κ2) is 5.51. The number of esters is 1. The molecule has 2 aromatic rings. The van der Waals surface area contributed by atoms with E-state index >= 15 is 0 Å². The van der Waals surface area contributed by atoms with Gasteiger partial charge in [-0.05, 0) is 12.1 Å². The molecule has 0 aliphatic carbocycles. The van der Waals surface area contributed by atoms with E-state index in [0.717, 1.165) is 6.26 Å². The van der Waals surface area contributed by atoms with Gasteiger partial charge in [-0.25, -0.2) is 18.2 Å². The molecule has 0 aliphatic heterocycles. The van der Waals surface area contributed by atoms with Gasteiger partial charge in [0, 0.05) is 23.4 Å². The average molecular weight is 332 g/mol. The number of sulfone groups is 1. The zero-order valence-electron chi connectivity index (χ0n) is 10.6. The Morgan fingerprint density at radius 3 is 2.60 bits per heavy atom. The van der Waals surface area contributed by atoms with E-state index in [9.17, 15) is 13.2 Å². The van der Waals surface area contributed by atoms with Crippen LogP contribution >= 0.6 is 22.9 Å². The molecular weight excluding hydrogens is 322 g/mol. The van der Waals surface area contributed by atoms with Crippen LogP contribution in [-0.4, -0.2) is 32.7 Å². The molecule has 0 radical (unpaired) electrons. The van der Waals surface area contributed by atoms with Crippen molar-refractivity contribution in [2.24, 2.45) is 0 Å². The van der Waals surface area contributed by atoms with Crippen LogP contribution in [0.25, 0.3) is 10.6 Å². The molecular formula is C12H10ClNO4S2. The van der Waals surface area contributed by atoms with Crippen LogP contribution in [0.15, 0.2) is 28.6 Å². The van der Waals surface area contributed by atoms with E-state index in [4.69, 9.17) is 11.6 Å². The number of hydrogen-bond acceptors (Lipinski definition) is 6. The minimum absolute atomic E-state index is 0.0229. The molecule has 0 aliphatic rings. The fourth-order valence-corrected chi connectivity index (χ4v) is 3.78. The maximum Gasteiger partial charge on any atom is 0.339 e. The Labute approximate surface area is 125 Å². The van der Waals surface area contributed by atoms with Gasteiger partial charge < -0.3 is 4.74 Å². The molecule has 0 unspecified atom stereocenters. The molecule has 0 atom stereocenters. The highest BCUT2D eigenvalue weighted by Gasteiger charge is 2.24. The lowest BCUT2D eigenvalue weighted by atomic mass is 10.1. The van der Waals surface area contributed by atoms with E-state index in [2.05, 4.69) is 9.72 Å². The predicted molar refractivity (Wildman–Crippen MR) is 77.0 cm³/mol. The van der Waals surface area contributed by atoms with Gasteiger partial charge in [0.1, 0.15) is 5.01 Å². The Hall–Kier alpha value is -1.44. The standard InChI is InChI=1S/C12H10ClNO4S2/c1-18-12(15)7-3-4-8(20(2,16)17)9(10(7)13)11-14-5-6-19-11/h3-6H,1-2H3. The van der Waals surface area contributed by atoms with Crippen LogP contribution in [0.2, 0.25) is 5.02 Å². The average Bonchev–Trinajstić information content (AvgIpc) is 2.89. The summed E-state index contributed by atoms with van der Waals surface area (Å²) in [6.07, 6.45) is 2.61. The topological polar surface area (TPSA) is 73.3 Å². The van der Waals surface area contributed by atoms with Crippen molar-refractivity contribution >= 4 is 38.7 Å². The van der Waals surface area contributed by atoms with Crippen molar-refractivity contribution in [3.63, 3.8) is 0 Å². The summed E-state index contributed by atoms with van der Waals surface area (Å²) >= 11 is 7.42. The quantitative estimate of drug-likeness (QED) is 0.808. The van der Waals surface area contributed by atoms with Gasteiger partial charge in [0.15, 0.2) is 9.84 Å². The van der Waals surface area contributed by atoms with E-state index < -0.39 is 15.8 Å². The zero-order valence-corrected chi connectivity index (χ0v) is 13.0.